The SMILES string of the molecule is COc1cc(F)cc(C2CCNCC2)c1C. The van der Waals surface area contributed by atoms with Crippen molar-refractivity contribution in [3.63, 3.8) is 0 Å². The van der Waals surface area contributed by atoms with Crippen molar-refractivity contribution in [2.24, 2.45) is 0 Å². The van der Waals surface area contributed by atoms with Crippen molar-refractivity contribution < 1.29 is 9.13 Å². The minimum Gasteiger partial charge on any atom is -0.496 e. The average molecular weight is 223 g/mol. The molecule has 1 aliphatic rings. The van der Waals surface area contributed by atoms with Crippen LogP contribution in [0.2, 0.25) is 0 Å². The summed E-state index contributed by atoms with van der Waals surface area (Å²) < 4.78 is 18.7. The van der Waals surface area contributed by atoms with Gasteiger partial charge in [0.25, 0.3) is 0 Å². The van der Waals surface area contributed by atoms with Crippen LogP contribution in [-0.2, 0) is 0 Å². The third kappa shape index (κ3) is 2.19. The summed E-state index contributed by atoms with van der Waals surface area (Å²) in [5.41, 5.74) is 2.19. The molecular formula is C13H18FNO. The van der Waals surface area contributed by atoms with Crippen LogP contribution < -0.4 is 10.1 Å². The van der Waals surface area contributed by atoms with E-state index in [4.69, 9.17) is 4.74 Å². The highest BCUT2D eigenvalue weighted by molar-refractivity contribution is 5.41. The summed E-state index contributed by atoms with van der Waals surface area (Å²) in [6, 6.07) is 3.12. The fourth-order valence-electron chi connectivity index (χ4n) is 2.44. The van der Waals surface area contributed by atoms with E-state index in [0.29, 0.717) is 11.7 Å². The Morgan fingerprint density at radius 1 is 1.31 bits per heavy atom. The zero-order valence-corrected chi connectivity index (χ0v) is 9.85. The lowest BCUT2D eigenvalue weighted by atomic mass is 9.87. The van der Waals surface area contributed by atoms with Crippen molar-refractivity contribution >= 4 is 0 Å². The first kappa shape index (κ1) is 11.4. The van der Waals surface area contributed by atoms with Gasteiger partial charge in [0.05, 0.1) is 7.11 Å². The zero-order chi connectivity index (χ0) is 11.5. The molecule has 0 spiro atoms. The third-order valence-electron chi connectivity index (χ3n) is 3.36. The third-order valence-corrected chi connectivity index (χ3v) is 3.36. The van der Waals surface area contributed by atoms with E-state index >= 15 is 0 Å². The molecule has 1 N–H and O–H groups in total. The van der Waals surface area contributed by atoms with Gasteiger partial charge in [0.2, 0.25) is 0 Å². The second-order valence-electron chi connectivity index (χ2n) is 4.35. The van der Waals surface area contributed by atoms with E-state index < -0.39 is 0 Å². The fourth-order valence-corrected chi connectivity index (χ4v) is 2.44. The Morgan fingerprint density at radius 2 is 2.00 bits per heavy atom. The van der Waals surface area contributed by atoms with Crippen LogP contribution in [0.1, 0.15) is 29.9 Å². The average Bonchev–Trinajstić information content (AvgIpc) is 2.33. The Kier molecular flexibility index (Phi) is 3.44. The van der Waals surface area contributed by atoms with E-state index in [1.165, 1.54) is 6.07 Å². The highest BCUT2D eigenvalue weighted by atomic mass is 19.1. The van der Waals surface area contributed by atoms with Crippen LogP contribution in [0.4, 0.5) is 4.39 Å². The maximum absolute atomic E-state index is 13.5. The van der Waals surface area contributed by atoms with Crippen LogP contribution in [0, 0.1) is 12.7 Å². The summed E-state index contributed by atoms with van der Waals surface area (Å²) in [6.45, 7) is 4.04. The largest absolute Gasteiger partial charge is 0.496 e. The van der Waals surface area contributed by atoms with Gasteiger partial charge in [-0.1, -0.05) is 0 Å². The second kappa shape index (κ2) is 4.83. The maximum atomic E-state index is 13.5. The lowest BCUT2D eigenvalue weighted by Crippen LogP contribution is -2.27. The van der Waals surface area contributed by atoms with Gasteiger partial charge < -0.3 is 10.1 Å². The van der Waals surface area contributed by atoms with Crippen LogP contribution in [0.5, 0.6) is 5.75 Å². The molecule has 3 heteroatoms. The molecule has 0 aliphatic carbocycles. The Hall–Kier alpha value is -1.09. The quantitative estimate of drug-likeness (QED) is 0.832. The first-order chi connectivity index (χ1) is 7.72. The summed E-state index contributed by atoms with van der Waals surface area (Å²) in [6.07, 6.45) is 2.15. The van der Waals surface area contributed by atoms with Gasteiger partial charge in [0.15, 0.2) is 0 Å². The molecule has 0 unspecified atom stereocenters. The lowest BCUT2D eigenvalue weighted by molar-refractivity contribution is 0.403. The Morgan fingerprint density at radius 3 is 2.62 bits per heavy atom. The topological polar surface area (TPSA) is 21.3 Å². The zero-order valence-electron chi connectivity index (χ0n) is 9.85. The highest BCUT2D eigenvalue weighted by Crippen LogP contribution is 2.33. The summed E-state index contributed by atoms with van der Waals surface area (Å²) >= 11 is 0. The molecule has 2 rings (SSSR count). The summed E-state index contributed by atoms with van der Waals surface area (Å²) in [4.78, 5) is 0. The number of nitrogens with one attached hydrogen (secondary N) is 1. The van der Waals surface area contributed by atoms with Gasteiger partial charge in [0, 0.05) is 6.07 Å². The number of ether oxygens (including phenoxy) is 1. The van der Waals surface area contributed by atoms with E-state index in [1.54, 1.807) is 13.2 Å². The number of rotatable bonds is 2. The van der Waals surface area contributed by atoms with Crippen molar-refractivity contribution in [2.45, 2.75) is 25.7 Å². The first-order valence-electron chi connectivity index (χ1n) is 5.77. The molecule has 0 bridgehead atoms. The number of hydrogen-bond acceptors (Lipinski definition) is 2. The molecule has 1 aromatic rings. The molecule has 0 saturated carbocycles. The van der Waals surface area contributed by atoms with Gasteiger partial charge >= 0.3 is 0 Å². The predicted molar refractivity (Wildman–Crippen MR) is 62.5 cm³/mol. The molecule has 16 heavy (non-hydrogen) atoms. The molecular weight excluding hydrogens is 205 g/mol. The van der Waals surface area contributed by atoms with E-state index in [-0.39, 0.29) is 5.82 Å². The molecule has 0 radical (unpaired) electrons. The smallest absolute Gasteiger partial charge is 0.127 e. The molecule has 1 aliphatic heterocycles. The molecule has 1 fully saturated rings. The van der Waals surface area contributed by atoms with Gasteiger partial charge in [-0.3, -0.25) is 0 Å². The maximum Gasteiger partial charge on any atom is 0.127 e. The Balaban J connectivity index is 2.34. The van der Waals surface area contributed by atoms with Crippen molar-refractivity contribution in [1.82, 2.24) is 5.32 Å². The molecule has 0 atom stereocenters. The lowest BCUT2D eigenvalue weighted by Gasteiger charge is -2.25. The summed E-state index contributed by atoms with van der Waals surface area (Å²) in [5, 5.41) is 3.32. The van der Waals surface area contributed by atoms with Gasteiger partial charge in [0.1, 0.15) is 11.6 Å². The first-order valence-corrected chi connectivity index (χ1v) is 5.77. The Labute approximate surface area is 95.8 Å². The van der Waals surface area contributed by atoms with Crippen LogP contribution in [0.3, 0.4) is 0 Å². The standard InChI is InChI=1S/C13H18FNO/c1-9-12(10-3-5-15-6-4-10)7-11(14)8-13(9)16-2/h7-8,10,15H,3-6H2,1-2H3. The molecule has 1 saturated heterocycles. The van der Waals surface area contributed by atoms with Gasteiger partial charge in [-0.2, -0.15) is 0 Å². The van der Waals surface area contributed by atoms with E-state index in [0.717, 1.165) is 37.1 Å². The highest BCUT2D eigenvalue weighted by Gasteiger charge is 2.19. The monoisotopic (exact) mass is 223 g/mol. The van der Waals surface area contributed by atoms with Crippen LogP contribution in [0.15, 0.2) is 12.1 Å². The minimum atomic E-state index is -0.198. The Bertz CT molecular complexity index is 372. The van der Waals surface area contributed by atoms with Crippen LogP contribution in [0.25, 0.3) is 0 Å². The van der Waals surface area contributed by atoms with E-state index in [1.807, 2.05) is 6.92 Å². The van der Waals surface area contributed by atoms with Gasteiger partial charge in [-0.25, -0.2) is 4.39 Å². The number of benzene rings is 1. The van der Waals surface area contributed by atoms with E-state index in [9.17, 15) is 4.39 Å². The van der Waals surface area contributed by atoms with Gasteiger partial charge in [-0.05, 0) is 56.0 Å². The second-order valence-corrected chi connectivity index (χ2v) is 4.35. The molecule has 1 heterocycles. The van der Waals surface area contributed by atoms with Crippen LogP contribution >= 0.6 is 0 Å². The molecule has 2 nitrogen and oxygen atoms in total. The fraction of sp³-hybridized carbons (Fsp3) is 0.538. The van der Waals surface area contributed by atoms with Crippen molar-refractivity contribution in [3.05, 3.63) is 29.1 Å². The van der Waals surface area contributed by atoms with Gasteiger partial charge in [-0.15, -0.1) is 0 Å². The number of methoxy groups -OCH3 is 1. The number of piperidine rings is 1. The molecule has 0 amide bonds. The molecule has 88 valence electrons. The molecule has 0 aromatic heterocycles. The van der Waals surface area contributed by atoms with Crippen molar-refractivity contribution in [2.75, 3.05) is 20.2 Å². The van der Waals surface area contributed by atoms with E-state index in [2.05, 4.69) is 5.32 Å². The van der Waals surface area contributed by atoms with Crippen molar-refractivity contribution in [3.8, 4) is 5.75 Å². The van der Waals surface area contributed by atoms with Crippen LogP contribution in [-0.4, -0.2) is 20.2 Å². The summed E-state index contributed by atoms with van der Waals surface area (Å²) in [7, 11) is 1.59. The summed E-state index contributed by atoms with van der Waals surface area (Å²) in [5.74, 6) is 0.926. The number of halogens is 1. The molecule has 1 aromatic carbocycles. The minimum absolute atomic E-state index is 0.198. The number of hydrogen-bond donors (Lipinski definition) is 1. The normalized spacial score (nSPS) is 17.4. The van der Waals surface area contributed by atoms with Crippen molar-refractivity contribution in [1.29, 1.82) is 0 Å². The predicted octanol–water partition coefficient (Wildman–Crippen LogP) is 2.61.